The lowest BCUT2D eigenvalue weighted by Crippen LogP contribution is -2.02. The summed E-state index contributed by atoms with van der Waals surface area (Å²) in [5, 5.41) is 16.4. The van der Waals surface area contributed by atoms with Crippen LogP contribution >= 0.6 is 11.3 Å². The normalized spacial score (nSPS) is 12.9. The molecule has 1 unspecified atom stereocenters. The molecule has 1 atom stereocenters. The van der Waals surface area contributed by atoms with Crippen molar-refractivity contribution >= 4 is 17.0 Å². The van der Waals surface area contributed by atoms with Gasteiger partial charge in [-0.25, -0.2) is 14.5 Å². The molecule has 0 bridgehead atoms. The van der Waals surface area contributed by atoms with Crippen LogP contribution in [0.1, 0.15) is 18.2 Å². The summed E-state index contributed by atoms with van der Waals surface area (Å²) < 4.78 is 6.83. The molecule has 0 spiro atoms. The Bertz CT molecular complexity index is 694. The maximum atomic E-state index is 9.73. The third-order valence-corrected chi connectivity index (χ3v) is 3.47. The first-order chi connectivity index (χ1) is 9.29. The Hall–Kier alpha value is -1.83. The number of fused-ring (bicyclic) bond motifs is 1. The maximum Gasteiger partial charge on any atom is 0.208 e. The molecule has 6 nitrogen and oxygen atoms in total. The van der Waals surface area contributed by atoms with Crippen molar-refractivity contribution in [2.45, 2.75) is 13.2 Å². The summed E-state index contributed by atoms with van der Waals surface area (Å²) in [6, 6.07) is 3.70. The summed E-state index contributed by atoms with van der Waals surface area (Å²) in [6.07, 6.45) is 2.44. The summed E-state index contributed by atoms with van der Waals surface area (Å²) in [7, 11) is 0. The van der Waals surface area contributed by atoms with Crippen molar-refractivity contribution in [1.29, 1.82) is 0 Å². The van der Waals surface area contributed by atoms with Crippen molar-refractivity contribution < 1.29 is 9.84 Å². The molecule has 1 N–H and O–H groups in total. The first-order valence-corrected chi connectivity index (χ1v) is 6.71. The average Bonchev–Trinajstić information content (AvgIpc) is 3.05. The SMILES string of the molecule is CCOC(O)c1nc(-c2cnc3cccnn23)cs1. The molecule has 0 saturated heterocycles. The van der Waals surface area contributed by atoms with Crippen molar-refractivity contribution in [3.05, 3.63) is 34.9 Å². The van der Waals surface area contributed by atoms with E-state index in [1.165, 1.54) is 11.3 Å². The highest BCUT2D eigenvalue weighted by Crippen LogP contribution is 2.26. The summed E-state index contributed by atoms with van der Waals surface area (Å²) in [4.78, 5) is 8.62. The lowest BCUT2D eigenvalue weighted by Gasteiger charge is -2.05. The lowest BCUT2D eigenvalue weighted by molar-refractivity contribution is -0.0979. The Kier molecular flexibility index (Phi) is 3.24. The van der Waals surface area contributed by atoms with Crippen molar-refractivity contribution in [2.24, 2.45) is 0 Å². The van der Waals surface area contributed by atoms with E-state index >= 15 is 0 Å². The number of aromatic nitrogens is 4. The fourth-order valence-electron chi connectivity index (χ4n) is 1.75. The van der Waals surface area contributed by atoms with Gasteiger partial charge in [0.25, 0.3) is 0 Å². The van der Waals surface area contributed by atoms with Crippen molar-refractivity contribution in [3.8, 4) is 11.4 Å². The lowest BCUT2D eigenvalue weighted by atomic mass is 10.4. The monoisotopic (exact) mass is 276 g/mol. The zero-order valence-electron chi connectivity index (χ0n) is 10.2. The second-order valence-electron chi connectivity index (χ2n) is 3.82. The van der Waals surface area contributed by atoms with Gasteiger partial charge in [0.15, 0.2) is 5.65 Å². The van der Waals surface area contributed by atoms with Crippen LogP contribution in [0.2, 0.25) is 0 Å². The number of imidazole rings is 1. The molecule has 0 saturated carbocycles. The van der Waals surface area contributed by atoms with E-state index in [-0.39, 0.29) is 0 Å². The first kappa shape index (κ1) is 12.2. The van der Waals surface area contributed by atoms with Gasteiger partial charge in [0.1, 0.15) is 16.4 Å². The Balaban J connectivity index is 1.98. The van der Waals surface area contributed by atoms with Crippen molar-refractivity contribution in [2.75, 3.05) is 6.61 Å². The van der Waals surface area contributed by atoms with Crippen LogP contribution in [0.4, 0.5) is 0 Å². The molecule has 0 aromatic carbocycles. The minimum atomic E-state index is -0.976. The second-order valence-corrected chi connectivity index (χ2v) is 4.71. The van der Waals surface area contributed by atoms with E-state index < -0.39 is 6.29 Å². The van der Waals surface area contributed by atoms with Gasteiger partial charge >= 0.3 is 0 Å². The molecular formula is C12H12N4O2S. The Morgan fingerprint density at radius 3 is 3.26 bits per heavy atom. The summed E-state index contributed by atoms with van der Waals surface area (Å²) in [5.74, 6) is 0. The highest BCUT2D eigenvalue weighted by molar-refractivity contribution is 7.10. The minimum Gasteiger partial charge on any atom is -0.362 e. The number of ether oxygens (including phenoxy) is 1. The Labute approximate surface area is 113 Å². The van der Waals surface area contributed by atoms with Gasteiger partial charge in [-0.1, -0.05) is 0 Å². The van der Waals surface area contributed by atoms with E-state index in [9.17, 15) is 5.11 Å². The van der Waals surface area contributed by atoms with Gasteiger partial charge < -0.3 is 9.84 Å². The molecule has 0 aliphatic heterocycles. The van der Waals surface area contributed by atoms with Gasteiger partial charge in [0.05, 0.1) is 6.20 Å². The molecule has 0 fully saturated rings. The molecule has 7 heteroatoms. The van der Waals surface area contributed by atoms with Crippen LogP contribution in [0.3, 0.4) is 0 Å². The smallest absolute Gasteiger partial charge is 0.208 e. The fourth-order valence-corrected chi connectivity index (χ4v) is 2.49. The van der Waals surface area contributed by atoms with Crippen LogP contribution in [-0.2, 0) is 4.74 Å². The topological polar surface area (TPSA) is 72.5 Å². The van der Waals surface area contributed by atoms with Gasteiger partial charge in [0.2, 0.25) is 6.29 Å². The third kappa shape index (κ3) is 2.23. The highest BCUT2D eigenvalue weighted by atomic mass is 32.1. The van der Waals surface area contributed by atoms with E-state index in [1.54, 1.807) is 16.9 Å². The Morgan fingerprint density at radius 1 is 1.53 bits per heavy atom. The summed E-state index contributed by atoms with van der Waals surface area (Å²) >= 11 is 1.35. The van der Waals surface area contributed by atoms with Gasteiger partial charge in [0, 0.05) is 18.2 Å². The van der Waals surface area contributed by atoms with Gasteiger partial charge in [-0.3, -0.25) is 0 Å². The van der Waals surface area contributed by atoms with Crippen LogP contribution < -0.4 is 0 Å². The zero-order valence-corrected chi connectivity index (χ0v) is 11.0. The third-order valence-electron chi connectivity index (χ3n) is 2.60. The van der Waals surface area contributed by atoms with E-state index in [0.29, 0.717) is 11.6 Å². The molecule has 3 heterocycles. The Morgan fingerprint density at radius 2 is 2.42 bits per heavy atom. The van der Waals surface area contributed by atoms with E-state index in [0.717, 1.165) is 17.0 Å². The van der Waals surface area contributed by atoms with Crippen LogP contribution in [-0.4, -0.2) is 31.3 Å². The molecule has 0 radical (unpaired) electrons. The molecule has 19 heavy (non-hydrogen) atoms. The largest absolute Gasteiger partial charge is 0.362 e. The molecule has 0 amide bonds. The molecule has 3 rings (SSSR count). The quantitative estimate of drug-likeness (QED) is 0.737. The number of aliphatic hydroxyl groups excluding tert-OH is 1. The van der Waals surface area contributed by atoms with Crippen molar-refractivity contribution in [1.82, 2.24) is 19.6 Å². The van der Waals surface area contributed by atoms with E-state index in [4.69, 9.17) is 4.74 Å². The summed E-state index contributed by atoms with van der Waals surface area (Å²) in [5.41, 5.74) is 2.28. The predicted molar refractivity (Wildman–Crippen MR) is 70.7 cm³/mol. The van der Waals surface area contributed by atoms with Gasteiger partial charge in [-0.05, 0) is 19.1 Å². The molecule has 98 valence electrons. The number of aliphatic hydroxyl groups is 1. The number of hydrogen-bond acceptors (Lipinski definition) is 6. The number of hydrogen-bond donors (Lipinski definition) is 1. The molecular weight excluding hydrogens is 264 g/mol. The molecule has 3 aromatic heterocycles. The van der Waals surface area contributed by atoms with E-state index in [2.05, 4.69) is 15.1 Å². The van der Waals surface area contributed by atoms with Gasteiger partial charge in [-0.2, -0.15) is 5.10 Å². The molecule has 0 aliphatic rings. The second kappa shape index (κ2) is 5.04. The van der Waals surface area contributed by atoms with Gasteiger partial charge in [-0.15, -0.1) is 11.3 Å². The van der Waals surface area contributed by atoms with E-state index in [1.807, 2.05) is 24.4 Å². The zero-order chi connectivity index (χ0) is 13.2. The average molecular weight is 276 g/mol. The number of thiazole rings is 1. The number of nitrogens with zero attached hydrogens (tertiary/aromatic N) is 4. The summed E-state index contributed by atoms with van der Waals surface area (Å²) in [6.45, 7) is 2.26. The van der Waals surface area contributed by atoms with Crippen LogP contribution in [0.25, 0.3) is 17.0 Å². The number of rotatable bonds is 4. The van der Waals surface area contributed by atoms with Crippen LogP contribution in [0.15, 0.2) is 29.9 Å². The standard InChI is InChI=1S/C12H12N4O2S/c1-2-18-12(17)11-15-8(7-19-11)9-6-13-10-4-3-5-14-16(9)10/h3-7,12,17H,2H2,1H3. The molecule has 0 aliphatic carbocycles. The predicted octanol–water partition coefficient (Wildman–Crippen LogP) is 1.88. The maximum absolute atomic E-state index is 9.73. The van der Waals surface area contributed by atoms with Crippen molar-refractivity contribution in [3.63, 3.8) is 0 Å². The van der Waals surface area contributed by atoms with Crippen LogP contribution in [0, 0.1) is 0 Å². The molecule has 3 aromatic rings. The fraction of sp³-hybridized carbons (Fsp3) is 0.250. The minimum absolute atomic E-state index is 0.438. The highest BCUT2D eigenvalue weighted by Gasteiger charge is 2.15. The first-order valence-electron chi connectivity index (χ1n) is 5.84. The van der Waals surface area contributed by atoms with Crippen LogP contribution in [0.5, 0.6) is 0 Å².